The van der Waals surface area contributed by atoms with Crippen molar-refractivity contribution in [2.24, 2.45) is 7.05 Å². The Balaban J connectivity index is 1.76. The first-order valence-electron chi connectivity index (χ1n) is 8.23. The lowest BCUT2D eigenvalue weighted by Gasteiger charge is -2.32. The Hall–Kier alpha value is -1.36. The van der Waals surface area contributed by atoms with Crippen LogP contribution in [0.4, 0.5) is 0 Å². The molecule has 116 valence electrons. The summed E-state index contributed by atoms with van der Waals surface area (Å²) in [7, 11) is 1.99. The van der Waals surface area contributed by atoms with Crippen LogP contribution in [0.2, 0.25) is 0 Å². The van der Waals surface area contributed by atoms with Gasteiger partial charge in [0.1, 0.15) is 0 Å². The summed E-state index contributed by atoms with van der Waals surface area (Å²) in [5, 5.41) is 11.1. The maximum atomic E-state index is 12.8. The fourth-order valence-corrected chi connectivity index (χ4v) is 3.91. The average Bonchev–Trinajstić information content (AvgIpc) is 3.09. The Morgan fingerprint density at radius 1 is 1.57 bits per heavy atom. The zero-order chi connectivity index (χ0) is 14.9. The lowest BCUT2D eigenvalue weighted by Crippen LogP contribution is -2.54. The van der Waals surface area contributed by atoms with Gasteiger partial charge in [0.15, 0.2) is 0 Å². The third kappa shape index (κ3) is 2.59. The molecule has 2 heterocycles. The summed E-state index contributed by atoms with van der Waals surface area (Å²) in [6, 6.07) is 0.131. The highest BCUT2D eigenvalue weighted by molar-refractivity contribution is 5.87. The minimum absolute atomic E-state index is 0.131. The van der Waals surface area contributed by atoms with Gasteiger partial charge in [0.05, 0.1) is 17.8 Å². The molecule has 1 amide bonds. The van der Waals surface area contributed by atoms with Crippen molar-refractivity contribution in [1.29, 1.82) is 0 Å². The Labute approximate surface area is 126 Å². The molecule has 2 atom stereocenters. The van der Waals surface area contributed by atoms with Crippen LogP contribution in [0.3, 0.4) is 0 Å². The second-order valence-electron chi connectivity index (χ2n) is 6.45. The summed E-state index contributed by atoms with van der Waals surface area (Å²) in [5.41, 5.74) is 2.14. The maximum Gasteiger partial charge on any atom is 0.240 e. The lowest BCUT2D eigenvalue weighted by molar-refractivity contribution is -0.128. The average molecular weight is 290 g/mol. The summed E-state index contributed by atoms with van der Waals surface area (Å²) in [6.45, 7) is 3.10. The minimum atomic E-state index is -0.339. The lowest BCUT2D eigenvalue weighted by atomic mass is 9.88. The number of nitrogens with zero attached hydrogens (tertiary/aromatic N) is 2. The normalized spacial score (nSPS) is 28.4. The van der Waals surface area contributed by atoms with E-state index < -0.39 is 0 Å². The molecule has 3 rings (SSSR count). The van der Waals surface area contributed by atoms with Gasteiger partial charge in [0, 0.05) is 18.3 Å². The van der Waals surface area contributed by atoms with Crippen molar-refractivity contribution in [1.82, 2.24) is 20.4 Å². The molecule has 2 aliphatic rings. The van der Waals surface area contributed by atoms with Gasteiger partial charge in [0.2, 0.25) is 5.91 Å². The summed E-state index contributed by atoms with van der Waals surface area (Å²) in [5.74, 6) is 0.184. The van der Waals surface area contributed by atoms with Crippen LogP contribution < -0.4 is 10.6 Å². The predicted molar refractivity (Wildman–Crippen MR) is 81.9 cm³/mol. The van der Waals surface area contributed by atoms with E-state index >= 15 is 0 Å². The number of aromatic nitrogens is 2. The zero-order valence-electron chi connectivity index (χ0n) is 13.1. The molecule has 5 heteroatoms. The van der Waals surface area contributed by atoms with Gasteiger partial charge < -0.3 is 10.6 Å². The number of aryl methyl sites for hydroxylation is 1. The number of carbonyl (C=O) groups is 1. The van der Waals surface area contributed by atoms with E-state index in [4.69, 9.17) is 0 Å². The third-order valence-electron chi connectivity index (χ3n) is 5.04. The molecule has 1 aliphatic carbocycles. The standard InChI is InChI=1S/C16H26N4O/c1-3-8-16(9-5-10-17-16)15(21)19-13-6-4-7-14-12(13)11-18-20(14)2/h11,13,17H,3-10H2,1-2H3,(H,19,21). The van der Waals surface area contributed by atoms with Crippen molar-refractivity contribution < 1.29 is 4.79 Å². The molecule has 2 unspecified atom stereocenters. The van der Waals surface area contributed by atoms with Gasteiger partial charge in [-0.3, -0.25) is 9.48 Å². The molecular weight excluding hydrogens is 264 g/mol. The highest BCUT2D eigenvalue weighted by atomic mass is 16.2. The molecule has 0 radical (unpaired) electrons. The molecule has 1 fully saturated rings. The summed E-state index contributed by atoms with van der Waals surface area (Å²) < 4.78 is 1.95. The number of hydrogen-bond acceptors (Lipinski definition) is 3. The Kier molecular flexibility index (Phi) is 4.02. The van der Waals surface area contributed by atoms with E-state index in [-0.39, 0.29) is 17.5 Å². The van der Waals surface area contributed by atoms with E-state index in [1.54, 1.807) is 0 Å². The van der Waals surface area contributed by atoms with Crippen molar-refractivity contribution in [3.63, 3.8) is 0 Å². The van der Waals surface area contributed by atoms with Crippen LogP contribution in [0.1, 0.15) is 62.7 Å². The smallest absolute Gasteiger partial charge is 0.240 e. The van der Waals surface area contributed by atoms with Crippen molar-refractivity contribution >= 4 is 5.91 Å². The minimum Gasteiger partial charge on any atom is -0.348 e. The number of rotatable bonds is 4. The molecule has 0 bridgehead atoms. The Morgan fingerprint density at radius 3 is 3.14 bits per heavy atom. The fourth-order valence-electron chi connectivity index (χ4n) is 3.91. The number of amides is 1. The third-order valence-corrected chi connectivity index (χ3v) is 5.04. The monoisotopic (exact) mass is 290 g/mol. The van der Waals surface area contributed by atoms with Crippen LogP contribution in [0, 0.1) is 0 Å². The van der Waals surface area contributed by atoms with Crippen LogP contribution in [0.5, 0.6) is 0 Å². The molecule has 1 aromatic heterocycles. The van der Waals surface area contributed by atoms with Crippen LogP contribution >= 0.6 is 0 Å². The van der Waals surface area contributed by atoms with E-state index in [1.807, 2.05) is 17.9 Å². The molecule has 1 aliphatic heterocycles. The van der Waals surface area contributed by atoms with Crippen LogP contribution in [0.25, 0.3) is 0 Å². The predicted octanol–water partition coefficient (Wildman–Crippen LogP) is 1.84. The van der Waals surface area contributed by atoms with Crippen LogP contribution in [-0.2, 0) is 18.3 Å². The fraction of sp³-hybridized carbons (Fsp3) is 0.750. The first-order chi connectivity index (χ1) is 10.2. The highest BCUT2D eigenvalue weighted by Crippen LogP contribution is 2.31. The first-order valence-corrected chi connectivity index (χ1v) is 8.23. The largest absolute Gasteiger partial charge is 0.348 e. The van der Waals surface area contributed by atoms with Gasteiger partial charge in [-0.1, -0.05) is 13.3 Å². The number of carbonyl (C=O) groups excluding carboxylic acids is 1. The first kappa shape index (κ1) is 14.6. The van der Waals surface area contributed by atoms with Gasteiger partial charge in [-0.05, 0) is 45.1 Å². The molecule has 0 aromatic carbocycles. The molecule has 1 aromatic rings. The molecule has 5 nitrogen and oxygen atoms in total. The maximum absolute atomic E-state index is 12.8. The van der Waals surface area contributed by atoms with E-state index in [0.717, 1.165) is 51.5 Å². The zero-order valence-corrected chi connectivity index (χ0v) is 13.1. The van der Waals surface area contributed by atoms with Crippen molar-refractivity contribution in [3.8, 4) is 0 Å². The van der Waals surface area contributed by atoms with E-state index in [9.17, 15) is 4.79 Å². The van der Waals surface area contributed by atoms with Gasteiger partial charge in [-0.25, -0.2) is 0 Å². The number of fused-ring (bicyclic) bond motifs is 1. The highest BCUT2D eigenvalue weighted by Gasteiger charge is 2.41. The van der Waals surface area contributed by atoms with Crippen molar-refractivity contribution in [3.05, 3.63) is 17.5 Å². The van der Waals surface area contributed by atoms with E-state index in [1.165, 1.54) is 11.3 Å². The van der Waals surface area contributed by atoms with Gasteiger partial charge in [-0.15, -0.1) is 0 Å². The quantitative estimate of drug-likeness (QED) is 0.889. The molecule has 0 saturated carbocycles. The molecule has 2 N–H and O–H groups in total. The van der Waals surface area contributed by atoms with Crippen LogP contribution in [0.15, 0.2) is 6.20 Å². The Bertz CT molecular complexity index is 516. The van der Waals surface area contributed by atoms with Crippen molar-refractivity contribution in [2.75, 3.05) is 6.54 Å². The van der Waals surface area contributed by atoms with E-state index in [0.29, 0.717) is 0 Å². The van der Waals surface area contributed by atoms with Crippen LogP contribution in [-0.4, -0.2) is 27.8 Å². The summed E-state index contributed by atoms with van der Waals surface area (Å²) in [6.07, 6.45) is 9.13. The molecule has 0 spiro atoms. The van der Waals surface area contributed by atoms with Gasteiger partial charge >= 0.3 is 0 Å². The molecule has 1 saturated heterocycles. The summed E-state index contributed by atoms with van der Waals surface area (Å²) >= 11 is 0. The van der Waals surface area contributed by atoms with Gasteiger partial charge in [-0.2, -0.15) is 5.10 Å². The van der Waals surface area contributed by atoms with Gasteiger partial charge in [0.25, 0.3) is 0 Å². The second-order valence-corrected chi connectivity index (χ2v) is 6.45. The van der Waals surface area contributed by atoms with Crippen molar-refractivity contribution in [2.45, 2.75) is 63.5 Å². The second kappa shape index (κ2) is 5.79. The molecule has 21 heavy (non-hydrogen) atoms. The number of hydrogen-bond donors (Lipinski definition) is 2. The number of nitrogens with one attached hydrogen (secondary N) is 2. The van der Waals surface area contributed by atoms with E-state index in [2.05, 4.69) is 22.7 Å². The topological polar surface area (TPSA) is 59.0 Å². The summed E-state index contributed by atoms with van der Waals surface area (Å²) in [4.78, 5) is 12.8. The molecular formula is C16H26N4O. The Morgan fingerprint density at radius 2 is 2.43 bits per heavy atom. The SMILES string of the molecule is CCCC1(C(=O)NC2CCCc3c2cnn3C)CCCN1.